The van der Waals surface area contributed by atoms with E-state index in [1.807, 2.05) is 0 Å². The van der Waals surface area contributed by atoms with Gasteiger partial charge in [0.25, 0.3) is 0 Å². The molecule has 1 aromatic rings. The highest BCUT2D eigenvalue weighted by atomic mass is 32.2. The number of hydrogen-bond donors (Lipinski definition) is 2. The highest BCUT2D eigenvalue weighted by molar-refractivity contribution is 7.89. The van der Waals surface area contributed by atoms with Gasteiger partial charge in [0.1, 0.15) is 6.04 Å². The summed E-state index contributed by atoms with van der Waals surface area (Å²) in [4.78, 5) is 24.6. The molecule has 0 unspecified atom stereocenters. The third kappa shape index (κ3) is 4.42. The Hall–Kier alpha value is -1.93. The van der Waals surface area contributed by atoms with Gasteiger partial charge in [-0.25, -0.2) is 8.42 Å². The number of piperidine rings is 1. The Bertz CT molecular complexity index is 754. The van der Waals surface area contributed by atoms with Gasteiger partial charge in [-0.1, -0.05) is 18.2 Å². The minimum atomic E-state index is -3.52. The molecule has 2 fully saturated rings. The predicted molar refractivity (Wildman–Crippen MR) is 96.7 cm³/mol. The summed E-state index contributed by atoms with van der Waals surface area (Å²) in [6, 6.07) is 8.00. The van der Waals surface area contributed by atoms with Gasteiger partial charge in [-0.05, 0) is 44.7 Å². The maximum atomic E-state index is 12.6. The number of carbonyl (C=O) groups excluding carboxylic acids is 2. The number of rotatable bonds is 6. The molecule has 1 heterocycles. The first-order chi connectivity index (χ1) is 12.4. The molecule has 26 heavy (non-hydrogen) atoms. The zero-order valence-corrected chi connectivity index (χ0v) is 15.7. The maximum Gasteiger partial charge on any atom is 0.243 e. The quantitative estimate of drug-likeness (QED) is 0.767. The fourth-order valence-electron chi connectivity index (χ4n) is 3.05. The van der Waals surface area contributed by atoms with E-state index in [2.05, 4.69) is 10.6 Å². The average Bonchev–Trinajstić information content (AvgIpc) is 3.46. The van der Waals surface area contributed by atoms with Gasteiger partial charge in [0.05, 0.1) is 4.90 Å². The normalized spacial score (nSPS) is 20.3. The van der Waals surface area contributed by atoms with Gasteiger partial charge >= 0.3 is 0 Å². The Kier molecular flexibility index (Phi) is 5.62. The van der Waals surface area contributed by atoms with Crippen LogP contribution in [0.2, 0.25) is 0 Å². The Morgan fingerprint density at radius 1 is 1.08 bits per heavy atom. The Labute approximate surface area is 154 Å². The highest BCUT2D eigenvalue weighted by Crippen LogP contribution is 2.24. The summed E-state index contributed by atoms with van der Waals surface area (Å²) in [5.41, 5.74) is 0. The summed E-state index contributed by atoms with van der Waals surface area (Å²) in [7, 11) is -3.52. The molecule has 2 amide bonds. The van der Waals surface area contributed by atoms with Gasteiger partial charge < -0.3 is 10.6 Å². The van der Waals surface area contributed by atoms with Crippen molar-refractivity contribution < 1.29 is 18.0 Å². The van der Waals surface area contributed by atoms with Crippen molar-refractivity contribution in [2.75, 3.05) is 13.1 Å². The van der Waals surface area contributed by atoms with Gasteiger partial charge in [-0.3, -0.25) is 9.59 Å². The third-order valence-electron chi connectivity index (χ3n) is 4.88. The van der Waals surface area contributed by atoms with Gasteiger partial charge in [0.15, 0.2) is 0 Å². The molecule has 3 rings (SSSR count). The van der Waals surface area contributed by atoms with E-state index in [1.165, 1.54) is 4.31 Å². The van der Waals surface area contributed by atoms with Crippen molar-refractivity contribution in [3.8, 4) is 0 Å². The summed E-state index contributed by atoms with van der Waals surface area (Å²) in [6.07, 6.45) is 2.91. The number of benzene rings is 1. The van der Waals surface area contributed by atoms with E-state index in [9.17, 15) is 18.0 Å². The van der Waals surface area contributed by atoms with Crippen LogP contribution in [0.25, 0.3) is 0 Å². The molecule has 1 aliphatic carbocycles. The van der Waals surface area contributed by atoms with Crippen LogP contribution in [0.15, 0.2) is 35.2 Å². The van der Waals surface area contributed by atoms with Crippen molar-refractivity contribution in [3.05, 3.63) is 30.3 Å². The van der Waals surface area contributed by atoms with Crippen LogP contribution in [0, 0.1) is 5.92 Å². The fourth-order valence-corrected chi connectivity index (χ4v) is 4.54. The minimum Gasteiger partial charge on any atom is -0.352 e. The molecule has 0 radical (unpaired) electrons. The molecule has 0 spiro atoms. The van der Waals surface area contributed by atoms with E-state index in [1.54, 1.807) is 37.3 Å². The number of sulfonamides is 1. The predicted octanol–water partition coefficient (Wildman–Crippen LogP) is 0.871. The smallest absolute Gasteiger partial charge is 0.243 e. The molecule has 2 N–H and O–H groups in total. The Morgan fingerprint density at radius 2 is 1.69 bits per heavy atom. The number of carbonyl (C=O) groups is 2. The molecule has 0 aromatic heterocycles. The van der Waals surface area contributed by atoms with Crippen LogP contribution in [0.5, 0.6) is 0 Å². The lowest BCUT2D eigenvalue weighted by molar-refractivity contribution is -0.131. The summed E-state index contributed by atoms with van der Waals surface area (Å²) in [5.74, 6) is -0.612. The van der Waals surface area contributed by atoms with E-state index in [0.717, 1.165) is 12.8 Å². The van der Waals surface area contributed by atoms with Gasteiger partial charge in [0, 0.05) is 25.0 Å². The van der Waals surface area contributed by atoms with Crippen LogP contribution in [0.4, 0.5) is 0 Å². The van der Waals surface area contributed by atoms with Crippen molar-refractivity contribution >= 4 is 21.8 Å². The molecule has 0 bridgehead atoms. The SMILES string of the molecule is C[C@@H](NC(=O)C1CCN(S(=O)(=O)c2ccccc2)CC1)C(=O)NC1CC1. The van der Waals surface area contributed by atoms with Crippen LogP contribution >= 0.6 is 0 Å². The van der Waals surface area contributed by atoms with Gasteiger partial charge in [0.2, 0.25) is 21.8 Å². The number of hydrogen-bond acceptors (Lipinski definition) is 4. The number of nitrogens with one attached hydrogen (secondary N) is 2. The summed E-state index contributed by atoms with van der Waals surface area (Å²) in [6.45, 7) is 2.28. The van der Waals surface area contributed by atoms with Crippen molar-refractivity contribution in [1.82, 2.24) is 14.9 Å². The van der Waals surface area contributed by atoms with E-state index in [4.69, 9.17) is 0 Å². The second-order valence-electron chi connectivity index (χ2n) is 7.00. The number of nitrogens with zero attached hydrogens (tertiary/aromatic N) is 1. The van der Waals surface area contributed by atoms with E-state index in [-0.39, 0.29) is 28.7 Å². The Balaban J connectivity index is 1.51. The minimum absolute atomic E-state index is 0.162. The van der Waals surface area contributed by atoms with Crippen molar-refractivity contribution in [1.29, 1.82) is 0 Å². The van der Waals surface area contributed by atoms with E-state index >= 15 is 0 Å². The fraction of sp³-hybridized carbons (Fsp3) is 0.556. The molecule has 8 heteroatoms. The van der Waals surface area contributed by atoms with Crippen LogP contribution < -0.4 is 10.6 Å². The molecule has 1 saturated carbocycles. The number of amides is 2. The molecule has 1 saturated heterocycles. The van der Waals surface area contributed by atoms with Crippen molar-refractivity contribution in [3.63, 3.8) is 0 Å². The maximum absolute atomic E-state index is 12.6. The van der Waals surface area contributed by atoms with Crippen LogP contribution in [-0.2, 0) is 19.6 Å². The molecular formula is C18H25N3O4S. The lowest BCUT2D eigenvalue weighted by atomic mass is 9.97. The van der Waals surface area contributed by atoms with Crippen LogP contribution in [0.3, 0.4) is 0 Å². The molecule has 142 valence electrons. The van der Waals surface area contributed by atoms with Crippen LogP contribution in [-0.4, -0.2) is 49.7 Å². The molecule has 1 atom stereocenters. The molecule has 1 aromatic carbocycles. The third-order valence-corrected chi connectivity index (χ3v) is 6.79. The van der Waals surface area contributed by atoms with E-state index < -0.39 is 16.1 Å². The standard InChI is InChI=1S/C18H25N3O4S/c1-13(17(22)20-15-7-8-15)19-18(23)14-9-11-21(12-10-14)26(24,25)16-5-3-2-4-6-16/h2-6,13-15H,7-12H2,1H3,(H,19,23)(H,20,22)/t13-/m1/s1. The topological polar surface area (TPSA) is 95.6 Å². The van der Waals surface area contributed by atoms with Gasteiger partial charge in [-0.2, -0.15) is 4.31 Å². The second kappa shape index (κ2) is 7.75. The summed E-state index contributed by atoms with van der Waals surface area (Å²) in [5, 5.41) is 5.61. The van der Waals surface area contributed by atoms with Crippen molar-refractivity contribution in [2.24, 2.45) is 5.92 Å². The summed E-state index contributed by atoms with van der Waals surface area (Å²) < 4.78 is 26.6. The highest BCUT2D eigenvalue weighted by Gasteiger charge is 2.33. The zero-order chi connectivity index (χ0) is 18.7. The lowest BCUT2D eigenvalue weighted by Gasteiger charge is -2.31. The second-order valence-corrected chi connectivity index (χ2v) is 8.94. The lowest BCUT2D eigenvalue weighted by Crippen LogP contribution is -2.49. The van der Waals surface area contributed by atoms with Crippen molar-refractivity contribution in [2.45, 2.75) is 49.6 Å². The Morgan fingerprint density at radius 3 is 2.27 bits per heavy atom. The first-order valence-corrected chi connectivity index (χ1v) is 10.5. The van der Waals surface area contributed by atoms with Gasteiger partial charge in [-0.15, -0.1) is 0 Å². The average molecular weight is 379 g/mol. The first-order valence-electron chi connectivity index (χ1n) is 9.04. The molecular weight excluding hydrogens is 354 g/mol. The molecule has 2 aliphatic rings. The summed E-state index contributed by atoms with van der Waals surface area (Å²) >= 11 is 0. The molecule has 1 aliphatic heterocycles. The largest absolute Gasteiger partial charge is 0.352 e. The first kappa shape index (κ1) is 18.8. The van der Waals surface area contributed by atoms with E-state index in [0.29, 0.717) is 25.9 Å². The molecule has 7 nitrogen and oxygen atoms in total. The monoisotopic (exact) mass is 379 g/mol. The van der Waals surface area contributed by atoms with Crippen LogP contribution in [0.1, 0.15) is 32.6 Å². The zero-order valence-electron chi connectivity index (χ0n) is 14.8.